The van der Waals surface area contributed by atoms with Gasteiger partial charge in [-0.05, 0) is 6.04 Å². The van der Waals surface area contributed by atoms with Gasteiger partial charge in [-0.1, -0.05) is 19.6 Å². The van der Waals surface area contributed by atoms with Crippen LogP contribution < -0.4 is 0 Å². The van der Waals surface area contributed by atoms with E-state index in [0.717, 1.165) is 0 Å². The van der Waals surface area contributed by atoms with Crippen LogP contribution >= 0.6 is 0 Å². The first-order valence-corrected chi connectivity index (χ1v) is 9.03. The van der Waals surface area contributed by atoms with Gasteiger partial charge in [0.1, 0.15) is 0 Å². The third-order valence-corrected chi connectivity index (χ3v) is 4.12. The molecule has 0 aliphatic rings. The maximum Gasteiger partial charge on any atom is 0.523 e. The number of rotatable bonds is 4. The second kappa shape index (κ2) is 4.19. The van der Waals surface area contributed by atoms with Gasteiger partial charge < -0.3 is 0 Å². The van der Waals surface area contributed by atoms with E-state index in [1.165, 1.54) is 0 Å². The molecule has 0 heterocycles. The Hall–Kier alpha value is -0.0831. The molecule has 0 aromatic carbocycles. The number of alkyl halides is 3. The predicted molar refractivity (Wildman–Crippen MR) is 49.1 cm³/mol. The molecule has 0 atom stereocenters. The molecule has 86 valence electrons. The van der Waals surface area contributed by atoms with Gasteiger partial charge in [0.05, 0.1) is 6.61 Å². The van der Waals surface area contributed by atoms with Crippen LogP contribution in [0, 0.1) is 0 Å². The van der Waals surface area contributed by atoms with E-state index in [0.29, 0.717) is 6.04 Å². The average Bonchev–Trinajstić information content (AvgIpc) is 1.80. The highest BCUT2D eigenvalue weighted by atomic mass is 32.2. The lowest BCUT2D eigenvalue weighted by molar-refractivity contribution is -0.0539. The predicted octanol–water partition coefficient (Wildman–Crippen LogP) is 2.19. The van der Waals surface area contributed by atoms with Gasteiger partial charge in [0.2, 0.25) is 0 Å². The normalized spacial score (nSPS) is 14.4. The quantitative estimate of drug-likeness (QED) is 0.436. The first-order valence-electron chi connectivity index (χ1n) is 3.91. The van der Waals surface area contributed by atoms with Crippen molar-refractivity contribution in [3.8, 4) is 0 Å². The lowest BCUT2D eigenvalue weighted by Crippen LogP contribution is -2.28. The van der Waals surface area contributed by atoms with Gasteiger partial charge >= 0.3 is 15.6 Å². The van der Waals surface area contributed by atoms with Crippen LogP contribution in [0.25, 0.3) is 0 Å². The van der Waals surface area contributed by atoms with Gasteiger partial charge in [0.15, 0.2) is 0 Å². The Labute approximate surface area is 82.4 Å². The van der Waals surface area contributed by atoms with Crippen LogP contribution in [-0.2, 0) is 14.3 Å². The third kappa shape index (κ3) is 4.96. The zero-order chi connectivity index (χ0) is 11.6. The molecule has 3 nitrogen and oxygen atoms in total. The minimum Gasteiger partial charge on any atom is -0.263 e. The van der Waals surface area contributed by atoms with Crippen molar-refractivity contribution >= 4 is 18.2 Å². The largest absolute Gasteiger partial charge is 0.523 e. The summed E-state index contributed by atoms with van der Waals surface area (Å²) >= 11 is 0. The van der Waals surface area contributed by atoms with Crippen molar-refractivity contribution in [2.24, 2.45) is 0 Å². The third-order valence-electron chi connectivity index (χ3n) is 1.37. The minimum absolute atomic E-state index is 0.377. The Kier molecular flexibility index (Phi) is 4.17. The fourth-order valence-electron chi connectivity index (χ4n) is 0.524. The van der Waals surface area contributed by atoms with Crippen LogP contribution in [0.4, 0.5) is 13.2 Å². The Morgan fingerprint density at radius 1 is 1.21 bits per heavy atom. The summed E-state index contributed by atoms with van der Waals surface area (Å²) in [6.07, 6.45) is 0. The van der Waals surface area contributed by atoms with Crippen molar-refractivity contribution in [3.05, 3.63) is 0 Å². The molecule has 0 aliphatic carbocycles. The van der Waals surface area contributed by atoms with Crippen molar-refractivity contribution in [2.75, 3.05) is 6.61 Å². The fraction of sp³-hybridized carbons (Fsp3) is 1.00. The maximum atomic E-state index is 11.8. The van der Waals surface area contributed by atoms with E-state index in [9.17, 15) is 21.6 Å². The fourth-order valence-corrected chi connectivity index (χ4v) is 1.82. The highest BCUT2D eigenvalue weighted by Gasteiger charge is 2.47. The molecule has 0 bridgehead atoms. The van der Waals surface area contributed by atoms with Crippen LogP contribution in [0.3, 0.4) is 0 Å². The summed E-state index contributed by atoms with van der Waals surface area (Å²) in [6.45, 7) is 5.35. The molecular formula is C6H13F3O3SSi. The van der Waals surface area contributed by atoms with Gasteiger partial charge in [0, 0.05) is 8.07 Å². The smallest absolute Gasteiger partial charge is 0.263 e. The molecule has 0 aliphatic heterocycles. The average molecular weight is 250 g/mol. The molecule has 14 heavy (non-hydrogen) atoms. The highest BCUT2D eigenvalue weighted by molar-refractivity contribution is 7.87. The number of hydrogen-bond acceptors (Lipinski definition) is 3. The standard InChI is InChI=1S/C6H13F3O3SSi/c1-14(2,3)5-4-12-13(10,11)6(7,8)9/h4-5H2,1-3H3. The molecule has 0 spiro atoms. The monoisotopic (exact) mass is 250 g/mol. The zero-order valence-electron chi connectivity index (χ0n) is 8.18. The van der Waals surface area contributed by atoms with Crippen molar-refractivity contribution in [1.29, 1.82) is 0 Å². The van der Waals surface area contributed by atoms with Gasteiger partial charge in [0.25, 0.3) is 0 Å². The Morgan fingerprint density at radius 2 is 1.64 bits per heavy atom. The molecular weight excluding hydrogens is 237 g/mol. The van der Waals surface area contributed by atoms with Crippen LogP contribution in [0.5, 0.6) is 0 Å². The lowest BCUT2D eigenvalue weighted by Gasteiger charge is -2.15. The first kappa shape index (κ1) is 13.9. The van der Waals surface area contributed by atoms with Gasteiger partial charge in [-0.2, -0.15) is 21.6 Å². The summed E-state index contributed by atoms with van der Waals surface area (Å²) in [5.74, 6) is 0. The summed E-state index contributed by atoms with van der Waals surface area (Å²) in [4.78, 5) is 0. The van der Waals surface area contributed by atoms with Crippen LogP contribution in [0.15, 0.2) is 0 Å². The van der Waals surface area contributed by atoms with Gasteiger partial charge in [-0.3, -0.25) is 4.18 Å². The Balaban J connectivity index is 4.17. The molecule has 0 fully saturated rings. The number of hydrogen-bond donors (Lipinski definition) is 0. The second-order valence-electron chi connectivity index (χ2n) is 4.03. The van der Waals surface area contributed by atoms with E-state index < -0.39 is 30.3 Å². The topological polar surface area (TPSA) is 43.4 Å². The molecule has 0 N–H and O–H groups in total. The summed E-state index contributed by atoms with van der Waals surface area (Å²) in [5, 5.41) is 0. The summed E-state index contributed by atoms with van der Waals surface area (Å²) in [6, 6.07) is 0.377. The van der Waals surface area contributed by atoms with Crippen LogP contribution in [0.2, 0.25) is 25.7 Å². The van der Waals surface area contributed by atoms with Crippen LogP contribution in [0.1, 0.15) is 0 Å². The molecule has 0 aromatic rings. The molecule has 0 radical (unpaired) electrons. The van der Waals surface area contributed by atoms with E-state index in [-0.39, 0.29) is 0 Å². The molecule has 0 aromatic heterocycles. The SMILES string of the molecule is C[Si](C)(C)CCOS(=O)(=O)C(F)(F)F. The van der Waals surface area contributed by atoms with Gasteiger partial charge in [-0.25, -0.2) is 0 Å². The second-order valence-corrected chi connectivity index (χ2v) is 11.3. The van der Waals surface area contributed by atoms with E-state index in [2.05, 4.69) is 4.18 Å². The van der Waals surface area contributed by atoms with E-state index in [4.69, 9.17) is 0 Å². The van der Waals surface area contributed by atoms with E-state index >= 15 is 0 Å². The summed E-state index contributed by atoms with van der Waals surface area (Å²) in [7, 11) is -6.97. The molecule has 0 rings (SSSR count). The maximum absolute atomic E-state index is 11.8. The van der Waals surface area contributed by atoms with Gasteiger partial charge in [-0.15, -0.1) is 0 Å². The first-order chi connectivity index (χ1) is 5.96. The highest BCUT2D eigenvalue weighted by Crippen LogP contribution is 2.25. The Morgan fingerprint density at radius 3 is 1.93 bits per heavy atom. The summed E-state index contributed by atoms with van der Waals surface area (Å²) < 4.78 is 59.9. The van der Waals surface area contributed by atoms with Crippen LogP contribution in [-0.4, -0.2) is 28.6 Å². The molecule has 0 amide bonds. The van der Waals surface area contributed by atoms with Crippen molar-refractivity contribution < 1.29 is 25.8 Å². The Bertz CT molecular complexity index is 278. The molecule has 0 saturated carbocycles. The van der Waals surface area contributed by atoms with E-state index in [1.54, 1.807) is 0 Å². The van der Waals surface area contributed by atoms with Crippen molar-refractivity contribution in [2.45, 2.75) is 31.2 Å². The van der Waals surface area contributed by atoms with Crippen molar-refractivity contribution in [3.63, 3.8) is 0 Å². The number of halogens is 3. The molecule has 8 heteroatoms. The minimum atomic E-state index is -5.40. The van der Waals surface area contributed by atoms with Crippen molar-refractivity contribution in [1.82, 2.24) is 0 Å². The molecule has 0 unspecified atom stereocenters. The molecule has 0 saturated heterocycles. The summed E-state index contributed by atoms with van der Waals surface area (Å²) in [5.41, 5.74) is -5.31. The van der Waals surface area contributed by atoms with E-state index in [1.807, 2.05) is 19.6 Å². The zero-order valence-corrected chi connectivity index (χ0v) is 10.00. The lowest BCUT2D eigenvalue weighted by atomic mass is 10.9.